The van der Waals surface area contributed by atoms with Gasteiger partial charge in [0.1, 0.15) is 5.75 Å². The summed E-state index contributed by atoms with van der Waals surface area (Å²) in [6, 6.07) is 20.2. The number of nitrogens with one attached hydrogen (secondary N) is 1. The number of aromatic nitrogens is 1. The maximum absolute atomic E-state index is 13.3. The number of allylic oxidation sites excluding steroid dienone is 1. The fraction of sp³-hybridized carbons (Fsp3) is 0.172. The highest BCUT2D eigenvalue weighted by Gasteiger charge is 2.37. The average Bonchev–Trinajstić information content (AvgIpc) is 3.16. The zero-order valence-electron chi connectivity index (χ0n) is 20.6. The Morgan fingerprint density at radius 2 is 1.73 bits per heavy atom. The van der Waals surface area contributed by atoms with E-state index in [0.29, 0.717) is 23.6 Å². The molecule has 0 spiro atoms. The molecule has 0 aliphatic carbocycles. The Bertz CT molecular complexity index is 1330. The van der Waals surface area contributed by atoms with Gasteiger partial charge in [-0.25, -0.2) is 4.79 Å². The summed E-state index contributed by atoms with van der Waals surface area (Å²) in [6.45, 7) is 2.32. The molecule has 0 fully saturated rings. The maximum atomic E-state index is 13.3. The van der Waals surface area contributed by atoms with Crippen molar-refractivity contribution in [1.29, 1.82) is 0 Å². The van der Waals surface area contributed by atoms with Gasteiger partial charge in [0.15, 0.2) is 6.61 Å². The van der Waals surface area contributed by atoms with E-state index in [1.54, 1.807) is 60.6 Å². The number of methoxy groups -OCH3 is 1. The topological polar surface area (TPSA) is 97.8 Å². The van der Waals surface area contributed by atoms with E-state index in [0.717, 1.165) is 11.1 Å². The zero-order chi connectivity index (χ0) is 26.2. The number of ether oxygens (including phenoxy) is 2. The van der Waals surface area contributed by atoms with Crippen molar-refractivity contribution < 1.29 is 23.9 Å². The van der Waals surface area contributed by atoms with Crippen molar-refractivity contribution in [2.45, 2.75) is 20.0 Å². The number of hydrogen-bond donors (Lipinski definition) is 1. The first-order chi connectivity index (χ1) is 18.0. The number of amides is 2. The Labute approximate surface area is 215 Å². The minimum atomic E-state index is -0.577. The molecule has 0 unspecified atom stereocenters. The van der Waals surface area contributed by atoms with Gasteiger partial charge in [-0.15, -0.1) is 0 Å². The third-order valence-corrected chi connectivity index (χ3v) is 5.86. The molecule has 0 saturated carbocycles. The minimum Gasteiger partial charge on any atom is -0.484 e. The van der Waals surface area contributed by atoms with Gasteiger partial charge in [0.25, 0.3) is 11.8 Å². The number of esters is 1. The molecule has 1 aromatic heterocycles. The Balaban J connectivity index is 1.43. The molecule has 37 heavy (non-hydrogen) atoms. The second kappa shape index (κ2) is 11.8. The van der Waals surface area contributed by atoms with Gasteiger partial charge in [0, 0.05) is 24.6 Å². The molecule has 1 N–H and O–H groups in total. The summed E-state index contributed by atoms with van der Waals surface area (Å²) in [5.41, 5.74) is 3.54. The van der Waals surface area contributed by atoms with Crippen LogP contribution in [0.2, 0.25) is 0 Å². The SMILES string of the molecule is COC(=O)C1=C(C)N(Cc2cccnc2)C(=O)/C1=C\c1ccc(OCC(=O)NCc2ccccc2)cc1. The number of nitrogens with zero attached hydrogens (tertiary/aromatic N) is 2. The molecule has 4 rings (SSSR count). The second-order valence-electron chi connectivity index (χ2n) is 8.38. The third kappa shape index (κ3) is 6.29. The van der Waals surface area contributed by atoms with Crippen LogP contribution < -0.4 is 10.1 Å². The Kier molecular flexibility index (Phi) is 8.10. The largest absolute Gasteiger partial charge is 0.484 e. The van der Waals surface area contributed by atoms with Crippen LogP contribution in [-0.2, 0) is 32.2 Å². The van der Waals surface area contributed by atoms with Crippen molar-refractivity contribution >= 4 is 23.9 Å². The van der Waals surface area contributed by atoms with Crippen LogP contribution in [0.5, 0.6) is 5.75 Å². The number of pyridine rings is 1. The van der Waals surface area contributed by atoms with Crippen LogP contribution in [0.25, 0.3) is 6.08 Å². The molecule has 0 atom stereocenters. The quantitative estimate of drug-likeness (QED) is 0.358. The Morgan fingerprint density at radius 1 is 1.00 bits per heavy atom. The van der Waals surface area contributed by atoms with Gasteiger partial charge < -0.3 is 19.7 Å². The van der Waals surface area contributed by atoms with Crippen molar-refractivity contribution in [3.63, 3.8) is 0 Å². The predicted octanol–water partition coefficient (Wildman–Crippen LogP) is 3.65. The van der Waals surface area contributed by atoms with Crippen LogP contribution in [0.15, 0.2) is 96.0 Å². The zero-order valence-corrected chi connectivity index (χ0v) is 20.6. The second-order valence-corrected chi connectivity index (χ2v) is 8.38. The average molecular weight is 498 g/mol. The molecular formula is C29H27N3O5. The first-order valence-electron chi connectivity index (χ1n) is 11.7. The number of carbonyl (C=O) groups excluding carboxylic acids is 3. The lowest BCUT2D eigenvalue weighted by Crippen LogP contribution is -2.28. The van der Waals surface area contributed by atoms with Crippen LogP contribution in [-0.4, -0.2) is 41.4 Å². The van der Waals surface area contributed by atoms with Crippen LogP contribution in [0.1, 0.15) is 23.6 Å². The standard InChI is InChI=1S/C29H27N3O5/c1-20-27(29(35)36-2)25(28(34)32(20)18-23-9-6-14-30-16-23)15-21-10-12-24(13-11-21)37-19-26(33)31-17-22-7-4-3-5-8-22/h3-16H,17-19H2,1-2H3,(H,31,33)/b25-15-. The van der Waals surface area contributed by atoms with Crippen molar-refractivity contribution in [2.24, 2.45) is 0 Å². The smallest absolute Gasteiger partial charge is 0.340 e. The molecule has 0 radical (unpaired) electrons. The van der Waals surface area contributed by atoms with Crippen molar-refractivity contribution in [2.75, 3.05) is 13.7 Å². The maximum Gasteiger partial charge on any atom is 0.340 e. The molecule has 188 valence electrons. The highest BCUT2D eigenvalue weighted by molar-refractivity contribution is 6.16. The molecule has 0 bridgehead atoms. The fourth-order valence-electron chi connectivity index (χ4n) is 3.92. The van der Waals surface area contributed by atoms with E-state index in [1.807, 2.05) is 36.4 Å². The van der Waals surface area contributed by atoms with Crippen LogP contribution in [0.3, 0.4) is 0 Å². The van der Waals surface area contributed by atoms with Gasteiger partial charge in [0.05, 0.1) is 24.8 Å². The number of carbonyl (C=O) groups is 3. The van der Waals surface area contributed by atoms with Gasteiger partial charge in [-0.1, -0.05) is 48.5 Å². The van der Waals surface area contributed by atoms with E-state index < -0.39 is 5.97 Å². The Morgan fingerprint density at radius 3 is 2.41 bits per heavy atom. The third-order valence-electron chi connectivity index (χ3n) is 5.86. The molecule has 1 aliphatic rings. The summed E-state index contributed by atoms with van der Waals surface area (Å²) in [5.74, 6) is -0.596. The molecular weight excluding hydrogens is 470 g/mol. The normalized spacial score (nSPS) is 14.2. The van der Waals surface area contributed by atoms with Crippen LogP contribution in [0.4, 0.5) is 0 Å². The van der Waals surface area contributed by atoms with Crippen LogP contribution >= 0.6 is 0 Å². The first kappa shape index (κ1) is 25.4. The summed E-state index contributed by atoms with van der Waals surface area (Å²) in [6.07, 6.45) is 4.99. The molecule has 8 nitrogen and oxygen atoms in total. The molecule has 1 aliphatic heterocycles. The summed E-state index contributed by atoms with van der Waals surface area (Å²) in [5, 5.41) is 2.81. The number of hydrogen-bond acceptors (Lipinski definition) is 6. The Hall–Kier alpha value is -4.72. The molecule has 0 saturated heterocycles. The highest BCUT2D eigenvalue weighted by atomic mass is 16.5. The van der Waals surface area contributed by atoms with E-state index in [4.69, 9.17) is 9.47 Å². The summed E-state index contributed by atoms with van der Waals surface area (Å²) < 4.78 is 10.5. The van der Waals surface area contributed by atoms with E-state index >= 15 is 0 Å². The van der Waals surface area contributed by atoms with E-state index in [-0.39, 0.29) is 36.1 Å². The number of benzene rings is 2. The predicted molar refractivity (Wildman–Crippen MR) is 138 cm³/mol. The summed E-state index contributed by atoms with van der Waals surface area (Å²) >= 11 is 0. The van der Waals surface area contributed by atoms with Crippen LogP contribution in [0, 0.1) is 0 Å². The van der Waals surface area contributed by atoms with Gasteiger partial charge in [-0.05, 0) is 47.9 Å². The van der Waals surface area contributed by atoms with Crippen molar-refractivity contribution in [3.05, 3.63) is 113 Å². The monoisotopic (exact) mass is 497 g/mol. The summed E-state index contributed by atoms with van der Waals surface area (Å²) in [4.78, 5) is 43.6. The molecule has 3 aromatic rings. The van der Waals surface area contributed by atoms with Gasteiger partial charge >= 0.3 is 5.97 Å². The lowest BCUT2D eigenvalue weighted by atomic mass is 10.0. The summed E-state index contributed by atoms with van der Waals surface area (Å²) in [7, 11) is 1.29. The van der Waals surface area contributed by atoms with Crippen molar-refractivity contribution in [3.8, 4) is 5.75 Å². The number of rotatable bonds is 9. The lowest BCUT2D eigenvalue weighted by molar-refractivity contribution is -0.136. The van der Waals surface area contributed by atoms with Gasteiger partial charge in [0.2, 0.25) is 0 Å². The molecule has 2 amide bonds. The molecule has 2 aromatic carbocycles. The first-order valence-corrected chi connectivity index (χ1v) is 11.7. The molecule has 2 heterocycles. The van der Waals surface area contributed by atoms with Crippen molar-refractivity contribution in [1.82, 2.24) is 15.2 Å². The van der Waals surface area contributed by atoms with Gasteiger partial charge in [-0.2, -0.15) is 0 Å². The lowest BCUT2D eigenvalue weighted by Gasteiger charge is -2.17. The fourth-order valence-corrected chi connectivity index (χ4v) is 3.92. The van der Waals surface area contributed by atoms with E-state index in [9.17, 15) is 14.4 Å². The minimum absolute atomic E-state index is 0.122. The van der Waals surface area contributed by atoms with E-state index in [2.05, 4.69) is 10.3 Å². The highest BCUT2D eigenvalue weighted by Crippen LogP contribution is 2.33. The van der Waals surface area contributed by atoms with Gasteiger partial charge in [-0.3, -0.25) is 14.6 Å². The molecule has 8 heteroatoms. The van der Waals surface area contributed by atoms with E-state index in [1.165, 1.54) is 7.11 Å².